The van der Waals surface area contributed by atoms with E-state index >= 15 is 0 Å². The average Bonchev–Trinajstić information content (AvgIpc) is 2.24. The Kier molecular flexibility index (Phi) is 4.31. The second-order valence-corrected chi connectivity index (χ2v) is 5.52. The number of benzene rings is 1. The largest absolute Gasteiger partial charge is 0.309 e. The minimum absolute atomic E-state index is 0.279. The van der Waals surface area contributed by atoms with Gasteiger partial charge in [0.25, 0.3) is 0 Å². The smallest absolute Gasteiger partial charge is 0.0697 e. The van der Waals surface area contributed by atoms with Crippen LogP contribution in [0, 0.1) is 30.6 Å². The number of nitrogens with one attached hydrogen (secondary N) is 1. The van der Waals surface area contributed by atoms with Gasteiger partial charge in [-0.2, -0.15) is 5.26 Å². The van der Waals surface area contributed by atoms with Crippen molar-refractivity contribution in [1.29, 1.82) is 5.26 Å². The van der Waals surface area contributed by atoms with Gasteiger partial charge in [0, 0.05) is 12.6 Å². The molecule has 1 atom stereocenters. The van der Waals surface area contributed by atoms with Crippen molar-refractivity contribution in [2.45, 2.75) is 40.7 Å². The van der Waals surface area contributed by atoms with Crippen molar-refractivity contribution >= 4 is 0 Å². The molecule has 0 heterocycles. The lowest BCUT2D eigenvalue weighted by Crippen LogP contribution is -2.30. The van der Waals surface area contributed by atoms with E-state index in [1.54, 1.807) is 0 Å². The Morgan fingerprint density at radius 2 is 1.76 bits per heavy atom. The van der Waals surface area contributed by atoms with Crippen molar-refractivity contribution < 1.29 is 0 Å². The highest BCUT2D eigenvalue weighted by molar-refractivity contribution is 5.30. The molecule has 0 aromatic heterocycles. The van der Waals surface area contributed by atoms with Crippen molar-refractivity contribution in [2.24, 2.45) is 5.41 Å². The molecule has 0 aliphatic carbocycles. The van der Waals surface area contributed by atoms with E-state index in [-0.39, 0.29) is 11.5 Å². The molecule has 1 rings (SSSR count). The van der Waals surface area contributed by atoms with Crippen molar-refractivity contribution in [3.63, 3.8) is 0 Å². The Balaban J connectivity index is 2.71. The summed E-state index contributed by atoms with van der Waals surface area (Å²) >= 11 is 0. The minimum Gasteiger partial charge on any atom is -0.309 e. The number of nitriles is 1. The molecule has 1 N–H and O–H groups in total. The van der Waals surface area contributed by atoms with E-state index in [9.17, 15) is 0 Å². The van der Waals surface area contributed by atoms with E-state index in [2.05, 4.69) is 50.4 Å². The Hall–Kier alpha value is -1.33. The molecule has 92 valence electrons. The SMILES string of the molecule is Cc1cc(C)cc(C(C)NCC(C)(C)C#N)c1. The molecule has 0 bridgehead atoms. The predicted molar refractivity (Wildman–Crippen MR) is 71.7 cm³/mol. The molecule has 0 fully saturated rings. The number of rotatable bonds is 4. The van der Waals surface area contributed by atoms with Gasteiger partial charge in [0.05, 0.1) is 11.5 Å². The molecular weight excluding hydrogens is 208 g/mol. The van der Waals surface area contributed by atoms with Gasteiger partial charge < -0.3 is 5.32 Å². The lowest BCUT2D eigenvalue weighted by molar-refractivity contribution is 0.415. The molecule has 2 heteroatoms. The number of hydrogen-bond donors (Lipinski definition) is 1. The van der Waals surface area contributed by atoms with E-state index in [0.29, 0.717) is 6.54 Å². The summed E-state index contributed by atoms with van der Waals surface area (Å²) < 4.78 is 0. The first kappa shape index (κ1) is 13.7. The fourth-order valence-electron chi connectivity index (χ4n) is 1.83. The molecule has 1 unspecified atom stereocenters. The zero-order chi connectivity index (χ0) is 13.1. The van der Waals surface area contributed by atoms with Crippen molar-refractivity contribution in [3.05, 3.63) is 34.9 Å². The Bertz CT molecular complexity index is 407. The lowest BCUT2D eigenvalue weighted by atomic mass is 9.94. The maximum atomic E-state index is 8.98. The van der Waals surface area contributed by atoms with E-state index in [1.807, 2.05) is 13.8 Å². The molecule has 0 aliphatic rings. The van der Waals surface area contributed by atoms with Gasteiger partial charge in [0.2, 0.25) is 0 Å². The van der Waals surface area contributed by atoms with Crippen LogP contribution in [-0.2, 0) is 0 Å². The van der Waals surface area contributed by atoms with Crippen LogP contribution < -0.4 is 5.32 Å². The topological polar surface area (TPSA) is 35.8 Å². The third kappa shape index (κ3) is 4.20. The number of aryl methyl sites for hydroxylation is 2. The van der Waals surface area contributed by atoms with Gasteiger partial charge in [0.1, 0.15) is 0 Å². The van der Waals surface area contributed by atoms with E-state index in [1.165, 1.54) is 16.7 Å². The summed E-state index contributed by atoms with van der Waals surface area (Å²) in [4.78, 5) is 0. The van der Waals surface area contributed by atoms with E-state index in [0.717, 1.165) is 0 Å². The second kappa shape index (κ2) is 5.33. The van der Waals surface area contributed by atoms with E-state index < -0.39 is 0 Å². The summed E-state index contributed by atoms with van der Waals surface area (Å²) in [5.41, 5.74) is 3.55. The Morgan fingerprint density at radius 3 is 2.24 bits per heavy atom. The van der Waals surface area contributed by atoms with Gasteiger partial charge in [-0.3, -0.25) is 0 Å². The van der Waals surface area contributed by atoms with Crippen molar-refractivity contribution in [1.82, 2.24) is 5.32 Å². The third-order valence-electron chi connectivity index (χ3n) is 2.90. The second-order valence-electron chi connectivity index (χ2n) is 5.52. The van der Waals surface area contributed by atoms with Crippen LogP contribution in [0.3, 0.4) is 0 Å². The molecule has 0 amide bonds. The average molecular weight is 230 g/mol. The molecule has 0 saturated heterocycles. The monoisotopic (exact) mass is 230 g/mol. The Labute approximate surface area is 105 Å². The standard InChI is InChI=1S/C15H22N2/c1-11-6-12(2)8-14(7-11)13(3)17-10-15(4,5)9-16/h6-8,13,17H,10H2,1-5H3. The molecule has 17 heavy (non-hydrogen) atoms. The highest BCUT2D eigenvalue weighted by atomic mass is 14.9. The predicted octanol–water partition coefficient (Wildman–Crippen LogP) is 3.50. The number of nitrogens with zero attached hydrogens (tertiary/aromatic N) is 1. The summed E-state index contributed by atoms with van der Waals surface area (Å²) in [5, 5.41) is 12.4. The van der Waals surface area contributed by atoms with Crippen LogP contribution in [0.25, 0.3) is 0 Å². The van der Waals surface area contributed by atoms with Crippen molar-refractivity contribution in [3.8, 4) is 6.07 Å². The van der Waals surface area contributed by atoms with E-state index in [4.69, 9.17) is 5.26 Å². The van der Waals surface area contributed by atoms with Crippen LogP contribution in [0.4, 0.5) is 0 Å². The third-order valence-corrected chi connectivity index (χ3v) is 2.90. The van der Waals surface area contributed by atoms with Gasteiger partial charge >= 0.3 is 0 Å². The van der Waals surface area contributed by atoms with Crippen molar-refractivity contribution in [2.75, 3.05) is 6.54 Å². The maximum absolute atomic E-state index is 8.98. The zero-order valence-electron chi connectivity index (χ0n) is 11.5. The first-order chi connectivity index (χ1) is 7.84. The van der Waals surface area contributed by atoms with Gasteiger partial charge in [0.15, 0.2) is 0 Å². The summed E-state index contributed by atoms with van der Waals surface area (Å²) in [6, 6.07) is 9.16. The first-order valence-electron chi connectivity index (χ1n) is 6.07. The van der Waals surface area contributed by atoms with Crippen LogP contribution in [0.2, 0.25) is 0 Å². The van der Waals surface area contributed by atoms with Gasteiger partial charge in [-0.05, 0) is 40.2 Å². The molecule has 0 aliphatic heterocycles. The summed E-state index contributed by atoms with van der Waals surface area (Å²) in [7, 11) is 0. The van der Waals surface area contributed by atoms with Crippen LogP contribution in [0.1, 0.15) is 43.5 Å². The summed E-state index contributed by atoms with van der Waals surface area (Å²) in [6.07, 6.45) is 0. The molecule has 1 aromatic carbocycles. The molecule has 0 saturated carbocycles. The Morgan fingerprint density at radius 1 is 1.24 bits per heavy atom. The highest BCUT2D eigenvalue weighted by Crippen LogP contribution is 2.18. The lowest BCUT2D eigenvalue weighted by Gasteiger charge is -2.21. The quantitative estimate of drug-likeness (QED) is 0.859. The van der Waals surface area contributed by atoms with Crippen LogP contribution >= 0.6 is 0 Å². The molecule has 2 nitrogen and oxygen atoms in total. The minimum atomic E-state index is -0.312. The molecule has 0 spiro atoms. The fourth-order valence-corrected chi connectivity index (χ4v) is 1.83. The molecule has 1 aromatic rings. The highest BCUT2D eigenvalue weighted by Gasteiger charge is 2.17. The normalized spacial score (nSPS) is 13.2. The fraction of sp³-hybridized carbons (Fsp3) is 0.533. The van der Waals surface area contributed by atoms with Crippen LogP contribution in [-0.4, -0.2) is 6.54 Å². The molecule has 0 radical (unpaired) electrons. The van der Waals surface area contributed by atoms with Crippen LogP contribution in [0.15, 0.2) is 18.2 Å². The van der Waals surface area contributed by atoms with Gasteiger partial charge in [-0.25, -0.2) is 0 Å². The first-order valence-corrected chi connectivity index (χ1v) is 6.07. The summed E-state index contributed by atoms with van der Waals surface area (Å²) in [6.45, 7) is 11.0. The van der Waals surface area contributed by atoms with Gasteiger partial charge in [-0.1, -0.05) is 29.3 Å². The molecular formula is C15H22N2. The van der Waals surface area contributed by atoms with Gasteiger partial charge in [-0.15, -0.1) is 0 Å². The summed E-state index contributed by atoms with van der Waals surface area (Å²) in [5.74, 6) is 0. The zero-order valence-corrected chi connectivity index (χ0v) is 11.5. The van der Waals surface area contributed by atoms with Crippen LogP contribution in [0.5, 0.6) is 0 Å². The maximum Gasteiger partial charge on any atom is 0.0697 e. The number of hydrogen-bond acceptors (Lipinski definition) is 2.